The van der Waals surface area contributed by atoms with E-state index in [1.54, 1.807) is 0 Å². The van der Waals surface area contributed by atoms with Gasteiger partial charge in [0, 0.05) is 5.41 Å². The zero-order valence-electron chi connectivity index (χ0n) is 13.7. The molecule has 0 spiro atoms. The molecule has 0 nitrogen and oxygen atoms in total. The lowest BCUT2D eigenvalue weighted by atomic mass is 9.68. The average Bonchev–Trinajstić information content (AvgIpc) is 2.64. The van der Waals surface area contributed by atoms with E-state index in [1.807, 2.05) is 0 Å². The molecule has 0 heterocycles. The first-order valence-corrected chi connectivity index (χ1v) is 8.10. The third kappa shape index (κ3) is 2.85. The fourth-order valence-electron chi connectivity index (χ4n) is 3.38. The molecule has 3 aromatic carbocycles. The summed E-state index contributed by atoms with van der Waals surface area (Å²) in [5.41, 5.74) is 5.03. The summed E-state index contributed by atoms with van der Waals surface area (Å²) in [4.78, 5) is 0. The second-order valence-electron chi connectivity index (χ2n) is 5.93. The van der Waals surface area contributed by atoms with Crippen LogP contribution >= 0.6 is 0 Å². The van der Waals surface area contributed by atoms with Gasteiger partial charge in [0.1, 0.15) is 0 Å². The Morgan fingerprint density at radius 2 is 1.04 bits per heavy atom. The van der Waals surface area contributed by atoms with Crippen molar-refractivity contribution in [2.75, 3.05) is 0 Å². The van der Waals surface area contributed by atoms with Crippen molar-refractivity contribution < 1.29 is 0 Å². The Kier molecular flexibility index (Phi) is 4.43. The molecule has 0 aromatic heterocycles. The maximum absolute atomic E-state index is 2.32. The lowest BCUT2D eigenvalue weighted by Crippen LogP contribution is -2.25. The molecule has 3 rings (SSSR count). The van der Waals surface area contributed by atoms with Crippen LogP contribution < -0.4 is 0 Å². The first-order valence-electron chi connectivity index (χ1n) is 8.10. The van der Waals surface area contributed by atoms with Gasteiger partial charge in [0.25, 0.3) is 0 Å². The smallest absolute Gasteiger partial charge is 0.0425 e. The molecule has 0 fully saturated rings. The van der Waals surface area contributed by atoms with Gasteiger partial charge < -0.3 is 0 Å². The second kappa shape index (κ2) is 6.66. The van der Waals surface area contributed by atoms with Crippen LogP contribution in [0.15, 0.2) is 97.1 Å². The van der Waals surface area contributed by atoms with Crippen molar-refractivity contribution in [1.29, 1.82) is 0 Å². The predicted molar refractivity (Wildman–Crippen MR) is 99.4 cm³/mol. The molecule has 0 bridgehead atoms. The largest absolute Gasteiger partial charge is 0.0826 e. The zero-order chi connectivity index (χ0) is 16.1. The van der Waals surface area contributed by atoms with Gasteiger partial charge in [-0.25, -0.2) is 0 Å². The van der Waals surface area contributed by atoms with Crippen LogP contribution in [0.1, 0.15) is 30.5 Å². The van der Waals surface area contributed by atoms with Gasteiger partial charge >= 0.3 is 0 Å². The van der Waals surface area contributed by atoms with Gasteiger partial charge in [-0.2, -0.15) is 0 Å². The predicted octanol–water partition coefficient (Wildman–Crippen LogP) is 6.10. The Labute approximate surface area is 139 Å². The summed E-state index contributed by atoms with van der Waals surface area (Å²) < 4.78 is 0. The summed E-state index contributed by atoms with van der Waals surface area (Å²) in [7, 11) is 0. The van der Waals surface area contributed by atoms with Crippen molar-refractivity contribution in [2.24, 2.45) is 0 Å². The third-order valence-corrected chi connectivity index (χ3v) is 4.61. The molecule has 0 saturated heterocycles. The van der Waals surface area contributed by atoms with Gasteiger partial charge in [-0.15, -0.1) is 0 Å². The molecule has 0 aliphatic carbocycles. The van der Waals surface area contributed by atoms with Crippen LogP contribution in [0.25, 0.3) is 5.57 Å². The molecule has 0 aliphatic rings. The van der Waals surface area contributed by atoms with Crippen molar-refractivity contribution in [3.63, 3.8) is 0 Å². The molecule has 0 heteroatoms. The number of rotatable bonds is 4. The molecule has 0 N–H and O–H groups in total. The first-order chi connectivity index (χ1) is 11.3. The molecule has 0 unspecified atom stereocenters. The van der Waals surface area contributed by atoms with E-state index < -0.39 is 0 Å². The molecule has 23 heavy (non-hydrogen) atoms. The van der Waals surface area contributed by atoms with Gasteiger partial charge in [-0.3, -0.25) is 0 Å². The van der Waals surface area contributed by atoms with Crippen molar-refractivity contribution in [2.45, 2.75) is 19.3 Å². The third-order valence-electron chi connectivity index (χ3n) is 4.61. The highest BCUT2D eigenvalue weighted by molar-refractivity contribution is 5.79. The van der Waals surface area contributed by atoms with Crippen molar-refractivity contribution >= 4 is 5.57 Å². The Bertz CT molecular complexity index is 729. The topological polar surface area (TPSA) is 0 Å². The Hall–Kier alpha value is -2.60. The van der Waals surface area contributed by atoms with E-state index in [9.17, 15) is 0 Å². The van der Waals surface area contributed by atoms with Gasteiger partial charge in [-0.1, -0.05) is 97.1 Å². The number of allylic oxidation sites excluding steroid dienone is 2. The quantitative estimate of drug-likeness (QED) is 0.546. The first kappa shape index (κ1) is 15.3. The highest BCUT2D eigenvalue weighted by atomic mass is 14.4. The highest BCUT2D eigenvalue weighted by Crippen LogP contribution is 2.43. The van der Waals surface area contributed by atoms with E-state index in [4.69, 9.17) is 0 Å². The van der Waals surface area contributed by atoms with Crippen LogP contribution in [0.2, 0.25) is 0 Å². The number of benzene rings is 3. The summed E-state index contributed by atoms with van der Waals surface area (Å²) in [5, 5.41) is 0. The van der Waals surface area contributed by atoms with Crippen LogP contribution in [0.3, 0.4) is 0 Å². The fraction of sp³-hybridized carbons (Fsp3) is 0.130. The molecule has 0 amide bonds. The van der Waals surface area contributed by atoms with E-state index in [0.717, 1.165) is 0 Å². The van der Waals surface area contributed by atoms with Crippen molar-refractivity contribution in [3.8, 4) is 0 Å². The van der Waals surface area contributed by atoms with Crippen molar-refractivity contribution in [1.82, 2.24) is 0 Å². The summed E-state index contributed by atoms with van der Waals surface area (Å²) in [6.45, 7) is 4.45. The monoisotopic (exact) mass is 298 g/mol. The second-order valence-corrected chi connectivity index (χ2v) is 5.93. The fourth-order valence-corrected chi connectivity index (χ4v) is 3.38. The summed E-state index contributed by atoms with van der Waals surface area (Å²) in [5.74, 6) is 0. The normalized spacial score (nSPS) is 12.2. The minimum absolute atomic E-state index is 0.182. The molecule has 114 valence electrons. The Morgan fingerprint density at radius 3 is 1.43 bits per heavy atom. The average molecular weight is 298 g/mol. The van der Waals surface area contributed by atoms with E-state index >= 15 is 0 Å². The molecule has 0 saturated carbocycles. The zero-order valence-corrected chi connectivity index (χ0v) is 13.7. The lowest BCUT2D eigenvalue weighted by molar-refractivity contribution is 0.745. The van der Waals surface area contributed by atoms with Crippen LogP contribution in [-0.4, -0.2) is 0 Å². The highest BCUT2D eigenvalue weighted by Gasteiger charge is 2.33. The summed E-state index contributed by atoms with van der Waals surface area (Å²) in [6.07, 6.45) is 2.25. The van der Waals surface area contributed by atoms with E-state index in [2.05, 4.69) is 111 Å². The van der Waals surface area contributed by atoms with Gasteiger partial charge in [0.05, 0.1) is 0 Å². The molecular formula is C23H22. The van der Waals surface area contributed by atoms with Crippen LogP contribution in [0.5, 0.6) is 0 Å². The minimum Gasteiger partial charge on any atom is -0.0826 e. The number of hydrogen-bond acceptors (Lipinski definition) is 0. The molecule has 0 atom stereocenters. The lowest BCUT2D eigenvalue weighted by Gasteiger charge is -2.34. The SMILES string of the molecule is CC=C(c1ccccc1)C(C)(c1ccccc1)c1ccccc1. The van der Waals surface area contributed by atoms with Crippen LogP contribution in [0, 0.1) is 0 Å². The molecular weight excluding hydrogens is 276 g/mol. The maximum atomic E-state index is 2.32. The van der Waals surface area contributed by atoms with Gasteiger partial charge in [-0.05, 0) is 36.1 Å². The van der Waals surface area contributed by atoms with E-state index in [1.165, 1.54) is 22.3 Å². The molecule has 3 aromatic rings. The van der Waals surface area contributed by atoms with Gasteiger partial charge in [0.2, 0.25) is 0 Å². The van der Waals surface area contributed by atoms with Crippen LogP contribution in [-0.2, 0) is 5.41 Å². The van der Waals surface area contributed by atoms with Gasteiger partial charge in [0.15, 0.2) is 0 Å². The summed E-state index contributed by atoms with van der Waals surface area (Å²) >= 11 is 0. The van der Waals surface area contributed by atoms with Crippen LogP contribution in [0.4, 0.5) is 0 Å². The van der Waals surface area contributed by atoms with E-state index in [0.29, 0.717) is 0 Å². The molecule has 0 radical (unpaired) electrons. The standard InChI is InChI=1S/C23H22/c1-3-22(19-13-7-4-8-14-19)23(2,20-15-9-5-10-16-20)21-17-11-6-12-18-21/h3-18H,1-2H3. The number of hydrogen-bond donors (Lipinski definition) is 0. The van der Waals surface area contributed by atoms with E-state index in [-0.39, 0.29) is 5.41 Å². The Balaban J connectivity index is 2.25. The maximum Gasteiger partial charge on any atom is 0.0425 e. The van der Waals surface area contributed by atoms with Crippen molar-refractivity contribution in [3.05, 3.63) is 114 Å². The Morgan fingerprint density at radius 1 is 0.652 bits per heavy atom. The summed E-state index contributed by atoms with van der Waals surface area (Å²) in [6, 6.07) is 32.2. The molecule has 0 aliphatic heterocycles. The minimum atomic E-state index is -0.182.